The van der Waals surface area contributed by atoms with Gasteiger partial charge in [-0.1, -0.05) is 23.9 Å². The Morgan fingerprint density at radius 2 is 1.96 bits per heavy atom. The first-order valence-corrected chi connectivity index (χ1v) is 10.8. The van der Waals surface area contributed by atoms with Gasteiger partial charge in [0.1, 0.15) is 10.7 Å². The molecule has 0 aliphatic heterocycles. The molecule has 3 heterocycles. The highest BCUT2D eigenvalue weighted by Gasteiger charge is 2.16. The summed E-state index contributed by atoms with van der Waals surface area (Å²) in [7, 11) is 0. The molecule has 0 bridgehead atoms. The lowest BCUT2D eigenvalue weighted by molar-refractivity contribution is 0.635. The van der Waals surface area contributed by atoms with Crippen molar-refractivity contribution in [1.29, 1.82) is 0 Å². The number of para-hydroxylation sites is 1. The minimum absolute atomic E-state index is 0.00680. The molecule has 0 radical (unpaired) electrons. The summed E-state index contributed by atoms with van der Waals surface area (Å²) in [4.78, 5) is 39.4. The van der Waals surface area contributed by atoms with Crippen molar-refractivity contribution in [3.8, 4) is 0 Å². The van der Waals surface area contributed by atoms with Crippen LogP contribution < -0.4 is 11.1 Å². The second-order valence-corrected chi connectivity index (χ2v) is 8.83. The normalized spacial score (nSPS) is 11.6. The van der Waals surface area contributed by atoms with E-state index in [1.165, 1.54) is 11.8 Å². The number of nitrogens with one attached hydrogen (secondary N) is 1. The van der Waals surface area contributed by atoms with E-state index in [4.69, 9.17) is 4.98 Å². The summed E-state index contributed by atoms with van der Waals surface area (Å²) >= 11 is 2.96. The molecule has 1 N–H and O–H groups in total. The summed E-state index contributed by atoms with van der Waals surface area (Å²) in [6.45, 7) is 8.40. The fourth-order valence-corrected chi connectivity index (χ4v) is 5.25. The van der Waals surface area contributed by atoms with E-state index in [2.05, 4.69) is 9.97 Å². The average Bonchev–Trinajstić information content (AvgIpc) is 2.95. The Balaban J connectivity index is 1.75. The Kier molecular flexibility index (Phi) is 4.84. The van der Waals surface area contributed by atoms with Crippen molar-refractivity contribution in [3.05, 3.63) is 60.7 Å². The number of hydrogen-bond acceptors (Lipinski definition) is 6. The van der Waals surface area contributed by atoms with E-state index in [1.807, 2.05) is 39.8 Å². The Labute approximate surface area is 169 Å². The summed E-state index contributed by atoms with van der Waals surface area (Å²) in [5.41, 5.74) is 2.53. The summed E-state index contributed by atoms with van der Waals surface area (Å²) < 4.78 is 1.69. The van der Waals surface area contributed by atoms with Crippen LogP contribution >= 0.6 is 23.1 Å². The molecular formula is C20H20N4O2S2. The molecule has 0 unspecified atom stereocenters. The average molecular weight is 413 g/mol. The van der Waals surface area contributed by atoms with Gasteiger partial charge in [-0.3, -0.25) is 14.2 Å². The Morgan fingerprint density at radius 1 is 1.18 bits per heavy atom. The number of H-pyrrole nitrogens is 1. The maximum absolute atomic E-state index is 12.9. The van der Waals surface area contributed by atoms with E-state index in [9.17, 15) is 9.59 Å². The number of nitrogens with zero attached hydrogens (tertiary/aromatic N) is 3. The van der Waals surface area contributed by atoms with Gasteiger partial charge in [-0.15, -0.1) is 11.3 Å². The predicted octanol–water partition coefficient (Wildman–Crippen LogP) is 3.93. The van der Waals surface area contributed by atoms with Gasteiger partial charge in [0.05, 0.1) is 22.0 Å². The zero-order valence-electron chi connectivity index (χ0n) is 16.1. The molecule has 0 spiro atoms. The SMILES string of the molecule is CCn1c(SCc2nc3c(C)cccc3c(=O)[nH]2)nc2sc(C)c(C)c2c1=O. The van der Waals surface area contributed by atoms with Gasteiger partial charge in [0.25, 0.3) is 11.1 Å². The molecule has 8 heteroatoms. The molecule has 0 amide bonds. The van der Waals surface area contributed by atoms with Crippen LogP contribution in [0.15, 0.2) is 32.9 Å². The quantitative estimate of drug-likeness (QED) is 0.406. The number of aromatic amines is 1. The lowest BCUT2D eigenvalue weighted by Crippen LogP contribution is -2.22. The van der Waals surface area contributed by atoms with Gasteiger partial charge in [0.15, 0.2) is 5.16 Å². The van der Waals surface area contributed by atoms with Gasteiger partial charge in [0, 0.05) is 11.4 Å². The van der Waals surface area contributed by atoms with Crippen molar-refractivity contribution in [2.45, 2.75) is 45.1 Å². The maximum Gasteiger partial charge on any atom is 0.263 e. The van der Waals surface area contributed by atoms with Gasteiger partial charge in [0.2, 0.25) is 0 Å². The zero-order chi connectivity index (χ0) is 20.0. The molecule has 3 aromatic heterocycles. The molecule has 28 heavy (non-hydrogen) atoms. The smallest absolute Gasteiger partial charge is 0.263 e. The first kappa shape index (κ1) is 18.9. The fraction of sp³-hybridized carbons (Fsp3) is 0.300. The van der Waals surface area contributed by atoms with Gasteiger partial charge >= 0.3 is 0 Å². The minimum Gasteiger partial charge on any atom is -0.309 e. The summed E-state index contributed by atoms with van der Waals surface area (Å²) in [6, 6.07) is 5.57. The van der Waals surface area contributed by atoms with E-state index in [1.54, 1.807) is 22.0 Å². The van der Waals surface area contributed by atoms with Crippen LogP contribution in [0.1, 0.15) is 28.8 Å². The highest BCUT2D eigenvalue weighted by Crippen LogP contribution is 2.29. The van der Waals surface area contributed by atoms with E-state index in [0.29, 0.717) is 39.6 Å². The predicted molar refractivity (Wildman–Crippen MR) is 116 cm³/mol. The third-order valence-corrected chi connectivity index (χ3v) is 6.98. The van der Waals surface area contributed by atoms with E-state index in [0.717, 1.165) is 20.8 Å². The monoisotopic (exact) mass is 412 g/mol. The van der Waals surface area contributed by atoms with Crippen LogP contribution in [0.3, 0.4) is 0 Å². The van der Waals surface area contributed by atoms with Crippen LogP contribution in [0, 0.1) is 20.8 Å². The van der Waals surface area contributed by atoms with Crippen molar-refractivity contribution in [1.82, 2.24) is 19.5 Å². The summed E-state index contributed by atoms with van der Waals surface area (Å²) in [5.74, 6) is 1.01. The van der Waals surface area contributed by atoms with Crippen molar-refractivity contribution >= 4 is 44.2 Å². The topological polar surface area (TPSA) is 80.6 Å². The molecule has 0 saturated heterocycles. The number of thiophene rings is 1. The number of aryl methyl sites for hydroxylation is 3. The Morgan fingerprint density at radius 3 is 2.71 bits per heavy atom. The van der Waals surface area contributed by atoms with E-state index in [-0.39, 0.29) is 11.1 Å². The second-order valence-electron chi connectivity index (χ2n) is 6.68. The number of benzene rings is 1. The van der Waals surface area contributed by atoms with Crippen LogP contribution in [0.25, 0.3) is 21.1 Å². The molecule has 144 valence electrons. The fourth-order valence-electron chi connectivity index (χ4n) is 3.25. The van der Waals surface area contributed by atoms with Gasteiger partial charge in [-0.25, -0.2) is 9.97 Å². The van der Waals surface area contributed by atoms with Crippen LogP contribution in [-0.2, 0) is 12.3 Å². The van der Waals surface area contributed by atoms with Crippen LogP contribution in [0.5, 0.6) is 0 Å². The number of rotatable bonds is 4. The van der Waals surface area contributed by atoms with Gasteiger partial charge in [-0.05, 0) is 44.9 Å². The third kappa shape index (κ3) is 3.06. The van der Waals surface area contributed by atoms with Crippen LogP contribution in [-0.4, -0.2) is 19.5 Å². The first-order valence-electron chi connectivity index (χ1n) is 9.02. The summed E-state index contributed by atoms with van der Waals surface area (Å²) in [6.07, 6.45) is 0. The molecule has 0 fully saturated rings. The number of fused-ring (bicyclic) bond motifs is 2. The molecular weight excluding hydrogens is 392 g/mol. The molecule has 4 aromatic rings. The van der Waals surface area contributed by atoms with Crippen LogP contribution in [0.4, 0.5) is 0 Å². The molecule has 4 rings (SSSR count). The molecule has 0 aliphatic rings. The highest BCUT2D eigenvalue weighted by atomic mass is 32.2. The largest absolute Gasteiger partial charge is 0.309 e. The third-order valence-electron chi connectivity index (χ3n) is 4.90. The van der Waals surface area contributed by atoms with Crippen molar-refractivity contribution in [2.24, 2.45) is 0 Å². The van der Waals surface area contributed by atoms with Gasteiger partial charge in [-0.2, -0.15) is 0 Å². The molecule has 0 aliphatic carbocycles. The van der Waals surface area contributed by atoms with Gasteiger partial charge < -0.3 is 4.98 Å². The first-order chi connectivity index (χ1) is 13.4. The zero-order valence-corrected chi connectivity index (χ0v) is 17.8. The molecule has 1 aromatic carbocycles. The Hall–Kier alpha value is -2.45. The lowest BCUT2D eigenvalue weighted by Gasteiger charge is -2.10. The molecule has 0 atom stereocenters. The van der Waals surface area contributed by atoms with Crippen molar-refractivity contribution in [3.63, 3.8) is 0 Å². The van der Waals surface area contributed by atoms with E-state index >= 15 is 0 Å². The van der Waals surface area contributed by atoms with Crippen LogP contribution in [0.2, 0.25) is 0 Å². The minimum atomic E-state index is -0.148. The van der Waals surface area contributed by atoms with E-state index < -0.39 is 0 Å². The summed E-state index contributed by atoms with van der Waals surface area (Å²) in [5, 5.41) is 1.94. The number of aromatic nitrogens is 4. The Bertz CT molecular complexity index is 1330. The number of thioether (sulfide) groups is 1. The lowest BCUT2D eigenvalue weighted by atomic mass is 10.1. The standard InChI is InChI=1S/C20H20N4O2S2/c1-5-24-19(26)15-11(3)12(4)28-18(15)23-20(24)27-9-14-21-16-10(2)7-6-8-13(16)17(25)22-14/h6-8H,5,9H2,1-4H3,(H,21,22,25). The van der Waals surface area contributed by atoms with Crippen molar-refractivity contribution < 1.29 is 0 Å². The van der Waals surface area contributed by atoms with Crippen molar-refractivity contribution in [2.75, 3.05) is 0 Å². The second kappa shape index (κ2) is 7.18. The molecule has 0 saturated carbocycles. The molecule has 6 nitrogen and oxygen atoms in total. The number of hydrogen-bond donors (Lipinski definition) is 1. The highest BCUT2D eigenvalue weighted by molar-refractivity contribution is 7.98. The maximum atomic E-state index is 12.9.